The number of para-hydroxylation sites is 1. The van der Waals surface area contributed by atoms with Crippen molar-refractivity contribution >= 4 is 5.69 Å². The smallest absolute Gasteiger partial charge is 0.132 e. The van der Waals surface area contributed by atoms with Crippen LogP contribution >= 0.6 is 0 Å². The van der Waals surface area contributed by atoms with Gasteiger partial charge in [0.05, 0.1) is 0 Å². The van der Waals surface area contributed by atoms with Crippen molar-refractivity contribution in [3.8, 4) is 0 Å². The van der Waals surface area contributed by atoms with Gasteiger partial charge in [0.15, 0.2) is 0 Å². The van der Waals surface area contributed by atoms with Crippen LogP contribution in [0.5, 0.6) is 0 Å². The highest BCUT2D eigenvalue weighted by Gasteiger charge is 1.94. The Balaban J connectivity index is 2.75. The molecule has 0 bridgehead atoms. The Hall–Kier alpha value is -0.900. The van der Waals surface area contributed by atoms with E-state index in [-0.39, 0.29) is 11.7 Å². The molecule has 0 aliphatic carbocycles. The molecule has 0 amide bonds. The third-order valence-electron chi connectivity index (χ3n) is 1.28. The van der Waals surface area contributed by atoms with E-state index < -0.39 is 0 Å². The minimum absolute atomic E-state index is 0.0133. The minimum atomic E-state index is -0.0133. The molecule has 0 saturated heterocycles. The van der Waals surface area contributed by atoms with Crippen LogP contribution in [-0.2, 0) is 0 Å². The number of nitrogens with two attached hydrogens (primary N) is 1. The zero-order valence-electron chi connectivity index (χ0n) is 5.58. The number of rotatable bonds is 2. The molecular weight excluding hydrogens is 128 g/mol. The first-order valence-corrected chi connectivity index (χ1v) is 3.13. The fourth-order valence-electron chi connectivity index (χ4n) is 0.742. The molecule has 0 spiro atoms. The predicted molar refractivity (Wildman–Crippen MR) is 39.5 cm³/mol. The van der Waals surface area contributed by atoms with Crippen LogP contribution in [-0.4, -0.2) is 6.67 Å². The van der Waals surface area contributed by atoms with Crippen molar-refractivity contribution in [2.75, 3.05) is 6.67 Å². The predicted octanol–water partition coefficient (Wildman–Crippen LogP) is -0.383. The summed E-state index contributed by atoms with van der Waals surface area (Å²) in [6.07, 6.45) is 0. The maximum Gasteiger partial charge on any atom is 0.132 e. The molecule has 1 rings (SSSR count). The molecule has 1 atom stereocenters. The van der Waals surface area contributed by atoms with Crippen LogP contribution in [0.3, 0.4) is 0 Å². The second-order valence-corrected chi connectivity index (χ2v) is 1.99. The van der Waals surface area contributed by atoms with Gasteiger partial charge in [0.2, 0.25) is 0 Å². The Morgan fingerprint density at radius 3 is 2.40 bits per heavy atom. The van der Waals surface area contributed by atoms with E-state index >= 15 is 0 Å². The van der Waals surface area contributed by atoms with E-state index in [1.807, 2.05) is 18.2 Å². The molecule has 0 aromatic heterocycles. The van der Waals surface area contributed by atoms with Crippen LogP contribution in [0.2, 0.25) is 0 Å². The summed E-state index contributed by atoms with van der Waals surface area (Å²) in [7, 11) is 0. The molecule has 3 nitrogen and oxygen atoms in total. The Kier molecular flexibility index (Phi) is 2.39. The standard InChI is InChI=1S/C7H10N2O/c8-6-9(10)7-4-2-1-3-5-7/h1-5,9H,6,8H2. The Bertz CT molecular complexity index is 188. The first kappa shape index (κ1) is 7.21. The largest absolute Gasteiger partial charge is 0.628 e. The summed E-state index contributed by atoms with van der Waals surface area (Å²) in [6, 6.07) is 9.03. The van der Waals surface area contributed by atoms with Crippen molar-refractivity contribution in [2.24, 2.45) is 5.73 Å². The molecule has 1 unspecified atom stereocenters. The van der Waals surface area contributed by atoms with Crippen LogP contribution in [0.25, 0.3) is 0 Å². The number of hydrogen-bond acceptors (Lipinski definition) is 2. The lowest BCUT2D eigenvalue weighted by Gasteiger charge is -2.18. The summed E-state index contributed by atoms with van der Waals surface area (Å²) in [5, 5.41) is 10.9. The Morgan fingerprint density at radius 2 is 1.90 bits per heavy atom. The fraction of sp³-hybridized carbons (Fsp3) is 0.143. The van der Waals surface area contributed by atoms with E-state index in [2.05, 4.69) is 0 Å². The van der Waals surface area contributed by atoms with E-state index in [4.69, 9.17) is 5.73 Å². The van der Waals surface area contributed by atoms with Gasteiger partial charge in [0.25, 0.3) is 0 Å². The quantitative estimate of drug-likeness (QED) is 0.432. The summed E-state index contributed by atoms with van der Waals surface area (Å²) in [4.78, 5) is 0. The second-order valence-electron chi connectivity index (χ2n) is 1.99. The average Bonchev–Trinajstić information content (AvgIpc) is 2.05. The lowest BCUT2D eigenvalue weighted by Crippen LogP contribution is -3.03. The van der Waals surface area contributed by atoms with Crippen molar-refractivity contribution in [2.45, 2.75) is 0 Å². The SMILES string of the molecule is NC[NH+]([O-])c1ccccc1. The lowest BCUT2D eigenvalue weighted by atomic mass is 10.3. The summed E-state index contributed by atoms with van der Waals surface area (Å²) >= 11 is 0. The fourth-order valence-corrected chi connectivity index (χ4v) is 0.742. The van der Waals surface area contributed by atoms with Crippen LogP contribution < -0.4 is 10.8 Å². The van der Waals surface area contributed by atoms with E-state index in [1.54, 1.807) is 12.1 Å². The summed E-state index contributed by atoms with van der Waals surface area (Å²) in [5.74, 6) is 0. The Labute approximate surface area is 59.6 Å². The molecular formula is C7H10N2O. The van der Waals surface area contributed by atoms with Gasteiger partial charge in [-0.05, 0) is 12.1 Å². The molecule has 0 radical (unpaired) electrons. The monoisotopic (exact) mass is 138 g/mol. The van der Waals surface area contributed by atoms with Gasteiger partial charge in [-0.1, -0.05) is 18.2 Å². The van der Waals surface area contributed by atoms with Crippen LogP contribution in [0.1, 0.15) is 0 Å². The molecule has 1 aromatic rings. The van der Waals surface area contributed by atoms with Gasteiger partial charge in [-0.25, -0.2) is 0 Å². The number of benzene rings is 1. The maximum atomic E-state index is 10.9. The van der Waals surface area contributed by atoms with Gasteiger partial charge in [-0.3, -0.25) is 5.73 Å². The van der Waals surface area contributed by atoms with Crippen LogP contribution in [0, 0.1) is 5.21 Å². The van der Waals surface area contributed by atoms with Gasteiger partial charge in [0.1, 0.15) is 12.4 Å². The second kappa shape index (κ2) is 3.31. The van der Waals surface area contributed by atoms with Gasteiger partial charge in [-0.15, -0.1) is 0 Å². The minimum Gasteiger partial charge on any atom is -0.628 e. The van der Waals surface area contributed by atoms with Crippen LogP contribution in [0.4, 0.5) is 5.69 Å². The summed E-state index contributed by atoms with van der Waals surface area (Å²) in [6.45, 7) is 0.0873. The molecule has 0 saturated carbocycles. The molecule has 1 aromatic carbocycles. The highest BCUT2D eigenvalue weighted by molar-refractivity contribution is 5.27. The number of hydroxylamine groups is 1. The Morgan fingerprint density at radius 1 is 1.30 bits per heavy atom. The van der Waals surface area contributed by atoms with E-state index in [0.29, 0.717) is 5.69 Å². The molecule has 10 heavy (non-hydrogen) atoms. The van der Waals surface area contributed by atoms with Gasteiger partial charge in [-0.2, -0.15) is 0 Å². The molecule has 3 heteroatoms. The van der Waals surface area contributed by atoms with Gasteiger partial charge in [0, 0.05) is 0 Å². The van der Waals surface area contributed by atoms with E-state index in [9.17, 15) is 5.21 Å². The van der Waals surface area contributed by atoms with Gasteiger partial charge >= 0.3 is 0 Å². The normalized spacial score (nSPS) is 13.0. The van der Waals surface area contributed by atoms with Crippen molar-refractivity contribution in [3.05, 3.63) is 35.5 Å². The zero-order valence-corrected chi connectivity index (χ0v) is 5.58. The van der Waals surface area contributed by atoms with Crippen molar-refractivity contribution in [1.82, 2.24) is 0 Å². The number of quaternary nitrogens is 1. The topological polar surface area (TPSA) is 53.5 Å². The lowest BCUT2D eigenvalue weighted by molar-refractivity contribution is -0.775. The molecule has 3 N–H and O–H groups in total. The molecule has 0 aliphatic heterocycles. The zero-order chi connectivity index (χ0) is 7.40. The van der Waals surface area contributed by atoms with Crippen LogP contribution in [0.15, 0.2) is 30.3 Å². The highest BCUT2D eigenvalue weighted by atomic mass is 16.5. The van der Waals surface area contributed by atoms with Crippen molar-refractivity contribution in [1.29, 1.82) is 0 Å². The third-order valence-corrected chi connectivity index (χ3v) is 1.28. The highest BCUT2D eigenvalue weighted by Crippen LogP contribution is 1.96. The van der Waals surface area contributed by atoms with Gasteiger partial charge < -0.3 is 10.3 Å². The number of nitrogens with one attached hydrogen (secondary N) is 1. The van der Waals surface area contributed by atoms with E-state index in [1.165, 1.54) is 0 Å². The summed E-state index contributed by atoms with van der Waals surface area (Å²) < 4.78 is 0. The average molecular weight is 138 g/mol. The molecule has 0 fully saturated rings. The molecule has 0 aliphatic rings. The first-order valence-electron chi connectivity index (χ1n) is 3.13. The molecule has 0 heterocycles. The third kappa shape index (κ3) is 1.54. The number of hydrogen-bond donors (Lipinski definition) is 2. The molecule has 54 valence electrons. The van der Waals surface area contributed by atoms with Crippen molar-refractivity contribution in [3.63, 3.8) is 0 Å². The summed E-state index contributed by atoms with van der Waals surface area (Å²) in [5.41, 5.74) is 5.84. The maximum absolute atomic E-state index is 10.9. The van der Waals surface area contributed by atoms with E-state index in [0.717, 1.165) is 0 Å². The first-order chi connectivity index (χ1) is 4.84. The van der Waals surface area contributed by atoms with Crippen molar-refractivity contribution < 1.29 is 5.06 Å².